The molecule has 0 saturated heterocycles. The quantitative estimate of drug-likeness (QED) is 0.679. The molecule has 3 rings (SSSR count). The Bertz CT molecular complexity index is 1030. The summed E-state index contributed by atoms with van der Waals surface area (Å²) in [5.41, 5.74) is -0.0168. The molecule has 1 amide bonds. The van der Waals surface area contributed by atoms with Gasteiger partial charge in [-0.3, -0.25) is 9.59 Å². The van der Waals surface area contributed by atoms with Gasteiger partial charge in [-0.15, -0.1) is 0 Å². The lowest BCUT2D eigenvalue weighted by Crippen LogP contribution is -2.32. The lowest BCUT2D eigenvalue weighted by atomic mass is 10.0. The number of pyridine rings is 1. The fourth-order valence-electron chi connectivity index (χ4n) is 2.81. The van der Waals surface area contributed by atoms with E-state index in [1.165, 1.54) is 36.5 Å². The highest BCUT2D eigenvalue weighted by Gasteiger charge is 2.33. The number of carbonyl (C=O) groups is 1. The number of amides is 1. The summed E-state index contributed by atoms with van der Waals surface area (Å²) >= 11 is 5.79. The highest BCUT2D eigenvalue weighted by molar-refractivity contribution is 6.30. The fraction of sp³-hybridized carbons (Fsp3) is 0.158. The van der Waals surface area contributed by atoms with Gasteiger partial charge in [-0.25, -0.2) is 0 Å². The molecule has 27 heavy (non-hydrogen) atoms. The molecule has 0 unspecified atom stereocenters. The van der Waals surface area contributed by atoms with Crippen LogP contribution in [0.4, 0.5) is 13.2 Å². The lowest BCUT2D eigenvalue weighted by molar-refractivity contribution is -0.139. The van der Waals surface area contributed by atoms with Crippen molar-refractivity contribution >= 4 is 28.3 Å². The summed E-state index contributed by atoms with van der Waals surface area (Å²) in [6.45, 7) is 0. The Morgan fingerprint density at radius 3 is 2.33 bits per heavy atom. The standard InChI is InChI=1S/C19H14ClF3N2O2/c20-12-7-5-11(6-8-12)16(9-19(21,22)23)25-18(27)15-10-24-17(26)14-4-2-1-3-13(14)15/h1-8,10,16H,9H2,(H,24,26)(H,25,27)/t16-/m0/s1. The van der Waals surface area contributed by atoms with E-state index in [-0.39, 0.29) is 22.1 Å². The molecule has 1 heterocycles. The number of alkyl halides is 3. The molecular weight excluding hydrogens is 381 g/mol. The van der Waals surface area contributed by atoms with Gasteiger partial charge in [0.05, 0.1) is 18.0 Å². The third-order valence-corrected chi connectivity index (χ3v) is 4.32. The molecule has 0 saturated carbocycles. The molecule has 4 nitrogen and oxygen atoms in total. The normalized spacial score (nSPS) is 12.7. The first-order valence-corrected chi connectivity index (χ1v) is 8.36. The molecule has 1 atom stereocenters. The second-order valence-corrected chi connectivity index (χ2v) is 6.41. The number of hydrogen-bond donors (Lipinski definition) is 2. The predicted octanol–water partition coefficient (Wildman–Crippen LogP) is 4.61. The van der Waals surface area contributed by atoms with Crippen molar-refractivity contribution in [2.75, 3.05) is 0 Å². The van der Waals surface area contributed by atoms with Gasteiger partial charge >= 0.3 is 6.18 Å². The number of halogens is 4. The summed E-state index contributed by atoms with van der Waals surface area (Å²) in [6, 6.07) is 10.9. The van der Waals surface area contributed by atoms with Crippen LogP contribution in [0, 0.1) is 0 Å². The maximum atomic E-state index is 13.0. The monoisotopic (exact) mass is 394 g/mol. The molecule has 0 aliphatic heterocycles. The van der Waals surface area contributed by atoms with E-state index in [4.69, 9.17) is 11.6 Å². The maximum Gasteiger partial charge on any atom is 0.391 e. The second-order valence-electron chi connectivity index (χ2n) is 5.97. The van der Waals surface area contributed by atoms with Gasteiger partial charge < -0.3 is 10.3 Å². The average Bonchev–Trinajstić information content (AvgIpc) is 2.61. The van der Waals surface area contributed by atoms with Crippen LogP contribution in [0.3, 0.4) is 0 Å². The van der Waals surface area contributed by atoms with E-state index in [1.54, 1.807) is 18.2 Å². The molecule has 3 aromatic rings. The van der Waals surface area contributed by atoms with Crippen molar-refractivity contribution in [2.24, 2.45) is 0 Å². The summed E-state index contributed by atoms with van der Waals surface area (Å²) in [4.78, 5) is 27.0. The minimum Gasteiger partial charge on any atom is -0.345 e. The molecule has 2 aromatic carbocycles. The zero-order valence-corrected chi connectivity index (χ0v) is 14.6. The van der Waals surface area contributed by atoms with Crippen LogP contribution >= 0.6 is 11.6 Å². The van der Waals surface area contributed by atoms with E-state index >= 15 is 0 Å². The van der Waals surface area contributed by atoms with Crippen LogP contribution in [-0.4, -0.2) is 17.1 Å². The molecule has 0 aliphatic carbocycles. The van der Waals surface area contributed by atoms with Gasteiger partial charge in [0.1, 0.15) is 0 Å². The number of benzene rings is 2. The van der Waals surface area contributed by atoms with Crippen molar-refractivity contribution in [1.29, 1.82) is 0 Å². The van der Waals surface area contributed by atoms with E-state index < -0.39 is 24.5 Å². The summed E-state index contributed by atoms with van der Waals surface area (Å²) in [6.07, 6.45) is -4.52. The maximum absolute atomic E-state index is 13.0. The van der Waals surface area contributed by atoms with Gasteiger partial charge in [0.2, 0.25) is 0 Å². The van der Waals surface area contributed by atoms with Crippen LogP contribution in [0.5, 0.6) is 0 Å². The Balaban J connectivity index is 1.96. The Labute approximate surface area is 157 Å². The largest absolute Gasteiger partial charge is 0.391 e. The van der Waals surface area contributed by atoms with Crippen LogP contribution in [0.2, 0.25) is 5.02 Å². The number of hydrogen-bond acceptors (Lipinski definition) is 2. The van der Waals surface area contributed by atoms with Crippen molar-refractivity contribution in [2.45, 2.75) is 18.6 Å². The predicted molar refractivity (Wildman–Crippen MR) is 96.9 cm³/mol. The second kappa shape index (κ2) is 7.44. The van der Waals surface area contributed by atoms with Gasteiger partial charge in [0, 0.05) is 22.0 Å². The third-order valence-electron chi connectivity index (χ3n) is 4.07. The number of aromatic amines is 1. The van der Waals surface area contributed by atoms with Crippen molar-refractivity contribution < 1.29 is 18.0 Å². The molecule has 0 spiro atoms. The van der Waals surface area contributed by atoms with Crippen molar-refractivity contribution in [3.05, 3.63) is 81.2 Å². The fourth-order valence-corrected chi connectivity index (χ4v) is 2.94. The van der Waals surface area contributed by atoms with Gasteiger partial charge in [0.15, 0.2) is 0 Å². The van der Waals surface area contributed by atoms with Crippen LogP contribution in [0.1, 0.15) is 28.4 Å². The first kappa shape index (κ1) is 19.0. The molecule has 0 radical (unpaired) electrons. The molecule has 1 aromatic heterocycles. The zero-order chi connectivity index (χ0) is 19.6. The third kappa shape index (κ3) is 4.49. The van der Waals surface area contributed by atoms with Crippen LogP contribution < -0.4 is 10.9 Å². The molecule has 0 aliphatic rings. The Kier molecular flexibility index (Phi) is 5.23. The van der Waals surface area contributed by atoms with Crippen LogP contribution in [0.15, 0.2) is 59.5 Å². The molecule has 2 N–H and O–H groups in total. The van der Waals surface area contributed by atoms with Crippen molar-refractivity contribution in [3.8, 4) is 0 Å². The minimum atomic E-state index is -4.48. The van der Waals surface area contributed by atoms with Gasteiger partial charge in [0.25, 0.3) is 11.5 Å². The number of fused-ring (bicyclic) bond motifs is 1. The zero-order valence-electron chi connectivity index (χ0n) is 13.8. The molecule has 0 bridgehead atoms. The number of aromatic nitrogens is 1. The lowest BCUT2D eigenvalue weighted by Gasteiger charge is -2.21. The van der Waals surface area contributed by atoms with Crippen LogP contribution in [0.25, 0.3) is 10.8 Å². The van der Waals surface area contributed by atoms with Crippen molar-refractivity contribution in [1.82, 2.24) is 10.3 Å². The average molecular weight is 395 g/mol. The molecular formula is C19H14ClF3N2O2. The van der Waals surface area contributed by atoms with Gasteiger partial charge in [-0.05, 0) is 23.8 Å². The summed E-state index contributed by atoms with van der Waals surface area (Å²) < 4.78 is 39.0. The van der Waals surface area contributed by atoms with Gasteiger partial charge in [-0.1, -0.05) is 41.9 Å². The van der Waals surface area contributed by atoms with E-state index in [0.29, 0.717) is 10.4 Å². The Hall–Kier alpha value is -2.80. The molecule has 8 heteroatoms. The number of carbonyl (C=O) groups excluding carboxylic acids is 1. The summed E-state index contributed by atoms with van der Waals surface area (Å²) in [7, 11) is 0. The summed E-state index contributed by atoms with van der Waals surface area (Å²) in [5.74, 6) is -0.716. The number of H-pyrrole nitrogens is 1. The molecule has 140 valence electrons. The van der Waals surface area contributed by atoms with E-state index in [0.717, 1.165) is 0 Å². The van der Waals surface area contributed by atoms with E-state index in [1.807, 2.05) is 0 Å². The van der Waals surface area contributed by atoms with Crippen LogP contribution in [-0.2, 0) is 0 Å². The summed E-state index contributed by atoms with van der Waals surface area (Å²) in [5, 5.41) is 3.43. The Morgan fingerprint density at radius 1 is 1.07 bits per heavy atom. The van der Waals surface area contributed by atoms with Gasteiger partial charge in [-0.2, -0.15) is 13.2 Å². The first-order chi connectivity index (χ1) is 12.7. The smallest absolute Gasteiger partial charge is 0.345 e. The van der Waals surface area contributed by atoms with Crippen molar-refractivity contribution in [3.63, 3.8) is 0 Å². The number of rotatable bonds is 4. The topological polar surface area (TPSA) is 62.0 Å². The SMILES string of the molecule is O=C(N[C@@H](CC(F)(F)F)c1ccc(Cl)cc1)c1c[nH]c(=O)c2ccccc12. The number of nitrogens with one attached hydrogen (secondary N) is 2. The van der Waals surface area contributed by atoms with E-state index in [9.17, 15) is 22.8 Å². The Morgan fingerprint density at radius 2 is 1.70 bits per heavy atom. The first-order valence-electron chi connectivity index (χ1n) is 7.98. The molecule has 0 fully saturated rings. The van der Waals surface area contributed by atoms with E-state index in [2.05, 4.69) is 10.3 Å². The minimum absolute atomic E-state index is 0.0892. The highest BCUT2D eigenvalue weighted by Crippen LogP contribution is 2.30. The highest BCUT2D eigenvalue weighted by atomic mass is 35.5.